The van der Waals surface area contributed by atoms with Crippen molar-refractivity contribution in [2.75, 3.05) is 26.3 Å². The summed E-state index contributed by atoms with van der Waals surface area (Å²) in [5, 5.41) is 9.14. The molecule has 1 aromatic carbocycles. The number of nitriles is 1. The number of halogens is 1. The van der Waals surface area contributed by atoms with Gasteiger partial charge in [-0.3, -0.25) is 4.79 Å². The van der Waals surface area contributed by atoms with Gasteiger partial charge in [-0.1, -0.05) is 28.1 Å². The number of morpholine rings is 1. The summed E-state index contributed by atoms with van der Waals surface area (Å²) in [4.78, 5) is 13.8. The Balaban J connectivity index is 2.17. The summed E-state index contributed by atoms with van der Waals surface area (Å²) < 4.78 is 6.15. The van der Waals surface area contributed by atoms with Gasteiger partial charge < -0.3 is 9.64 Å². The van der Waals surface area contributed by atoms with Crippen LogP contribution in [0.3, 0.4) is 0 Å². The number of ether oxygens (including phenoxy) is 1. The van der Waals surface area contributed by atoms with Gasteiger partial charge in [0.1, 0.15) is 11.6 Å². The van der Waals surface area contributed by atoms with Gasteiger partial charge >= 0.3 is 0 Å². The molecule has 1 fully saturated rings. The van der Waals surface area contributed by atoms with E-state index in [4.69, 9.17) is 10.00 Å². The number of hydrogen-bond donors (Lipinski definition) is 0. The maximum atomic E-state index is 12.2. The Bertz CT molecular complexity index is 525. The topological polar surface area (TPSA) is 53.3 Å². The molecule has 1 aromatic rings. The second-order valence-corrected chi connectivity index (χ2v) is 5.04. The monoisotopic (exact) mass is 320 g/mol. The third-order valence-electron chi connectivity index (χ3n) is 2.83. The smallest absolute Gasteiger partial charge is 0.264 e. The quantitative estimate of drug-likeness (QED) is 0.620. The Hall–Kier alpha value is -1.64. The average Bonchev–Trinajstić information content (AvgIpc) is 2.47. The first kappa shape index (κ1) is 13.8. The summed E-state index contributed by atoms with van der Waals surface area (Å²) in [5.41, 5.74) is 0.991. The van der Waals surface area contributed by atoms with Crippen molar-refractivity contribution in [2.24, 2.45) is 0 Å². The molecular weight excluding hydrogens is 308 g/mol. The normalized spacial score (nSPS) is 16.0. The van der Waals surface area contributed by atoms with Crippen LogP contribution in [0.25, 0.3) is 6.08 Å². The van der Waals surface area contributed by atoms with Gasteiger partial charge in [0.25, 0.3) is 5.91 Å². The predicted octanol–water partition coefficient (Wildman–Crippen LogP) is 2.21. The van der Waals surface area contributed by atoms with Crippen molar-refractivity contribution in [3.8, 4) is 6.07 Å². The molecule has 98 valence electrons. The van der Waals surface area contributed by atoms with Crippen LogP contribution < -0.4 is 0 Å². The Morgan fingerprint density at radius 1 is 1.32 bits per heavy atom. The molecule has 5 heteroatoms. The first-order valence-corrected chi connectivity index (χ1v) is 6.74. The van der Waals surface area contributed by atoms with Crippen LogP contribution in [0, 0.1) is 11.3 Å². The van der Waals surface area contributed by atoms with Crippen LogP contribution in [0.4, 0.5) is 0 Å². The third-order valence-corrected chi connectivity index (χ3v) is 3.36. The molecular formula is C14H13BrN2O2. The van der Waals surface area contributed by atoms with Crippen LogP contribution in [0.1, 0.15) is 5.56 Å². The molecule has 4 nitrogen and oxygen atoms in total. The van der Waals surface area contributed by atoms with Crippen molar-refractivity contribution in [1.29, 1.82) is 5.26 Å². The summed E-state index contributed by atoms with van der Waals surface area (Å²) >= 11 is 3.35. The molecule has 19 heavy (non-hydrogen) atoms. The number of nitrogens with zero attached hydrogens (tertiary/aromatic N) is 2. The fraction of sp³-hybridized carbons (Fsp3) is 0.286. The minimum absolute atomic E-state index is 0.157. The van der Waals surface area contributed by atoms with Crippen LogP contribution >= 0.6 is 15.9 Å². The fourth-order valence-corrected chi connectivity index (χ4v) is 2.07. The lowest BCUT2D eigenvalue weighted by molar-refractivity contribution is -0.130. The molecule has 1 saturated heterocycles. The number of carbonyl (C=O) groups excluding carboxylic acids is 1. The average molecular weight is 321 g/mol. The van der Waals surface area contributed by atoms with Gasteiger partial charge in [0.15, 0.2) is 0 Å². The fourth-order valence-electron chi connectivity index (χ4n) is 1.80. The van der Waals surface area contributed by atoms with Crippen LogP contribution in [0.2, 0.25) is 0 Å². The second kappa shape index (κ2) is 6.50. The molecule has 0 saturated carbocycles. The van der Waals surface area contributed by atoms with Crippen LogP contribution in [-0.2, 0) is 9.53 Å². The SMILES string of the molecule is N#CC(=Cc1ccc(Br)cc1)C(=O)N1CCOCC1. The first-order chi connectivity index (χ1) is 9.20. The molecule has 0 N–H and O–H groups in total. The van der Waals surface area contributed by atoms with E-state index in [0.29, 0.717) is 26.3 Å². The molecule has 1 amide bonds. The van der Waals surface area contributed by atoms with Crippen LogP contribution in [0.15, 0.2) is 34.3 Å². The summed E-state index contributed by atoms with van der Waals surface area (Å²) in [6, 6.07) is 9.44. The largest absolute Gasteiger partial charge is 0.378 e. The number of carbonyl (C=O) groups is 1. The van der Waals surface area contributed by atoms with Crippen molar-refractivity contribution in [2.45, 2.75) is 0 Å². The molecule has 0 aliphatic carbocycles. The molecule has 0 unspecified atom stereocenters. The Kier molecular flexibility index (Phi) is 4.72. The standard InChI is InChI=1S/C14H13BrN2O2/c15-13-3-1-11(2-4-13)9-12(10-16)14(18)17-5-7-19-8-6-17/h1-4,9H,5-8H2. The van der Waals surface area contributed by atoms with E-state index in [0.717, 1.165) is 10.0 Å². The van der Waals surface area contributed by atoms with Gasteiger partial charge in [-0.15, -0.1) is 0 Å². The van der Waals surface area contributed by atoms with Gasteiger partial charge in [0, 0.05) is 17.6 Å². The zero-order valence-electron chi connectivity index (χ0n) is 10.3. The number of amides is 1. The second-order valence-electron chi connectivity index (χ2n) is 4.13. The lowest BCUT2D eigenvalue weighted by Crippen LogP contribution is -2.41. The lowest BCUT2D eigenvalue weighted by Gasteiger charge is -2.26. The number of hydrogen-bond acceptors (Lipinski definition) is 3. The maximum absolute atomic E-state index is 12.2. The van der Waals surface area contributed by atoms with Crippen molar-refractivity contribution >= 4 is 27.9 Å². The third kappa shape index (κ3) is 3.66. The molecule has 0 aromatic heterocycles. The molecule has 1 aliphatic rings. The molecule has 1 aliphatic heterocycles. The van der Waals surface area contributed by atoms with Gasteiger partial charge in [-0.2, -0.15) is 5.26 Å². The van der Waals surface area contributed by atoms with Crippen molar-refractivity contribution < 1.29 is 9.53 Å². The van der Waals surface area contributed by atoms with E-state index in [1.165, 1.54) is 0 Å². The van der Waals surface area contributed by atoms with Gasteiger partial charge in [-0.05, 0) is 23.8 Å². The van der Waals surface area contributed by atoms with E-state index < -0.39 is 0 Å². The number of rotatable bonds is 2. The minimum Gasteiger partial charge on any atom is -0.378 e. The predicted molar refractivity (Wildman–Crippen MR) is 75.1 cm³/mol. The van der Waals surface area contributed by atoms with Crippen molar-refractivity contribution in [3.05, 3.63) is 39.9 Å². The first-order valence-electron chi connectivity index (χ1n) is 5.95. The highest BCUT2D eigenvalue weighted by Crippen LogP contribution is 2.14. The Morgan fingerprint density at radius 3 is 2.53 bits per heavy atom. The van der Waals surface area contributed by atoms with Crippen LogP contribution in [0.5, 0.6) is 0 Å². The van der Waals surface area contributed by atoms with Crippen LogP contribution in [-0.4, -0.2) is 37.1 Å². The molecule has 1 heterocycles. The highest BCUT2D eigenvalue weighted by molar-refractivity contribution is 9.10. The summed E-state index contributed by atoms with van der Waals surface area (Å²) in [6.07, 6.45) is 1.62. The van der Waals surface area contributed by atoms with E-state index in [1.54, 1.807) is 11.0 Å². The number of benzene rings is 1. The van der Waals surface area contributed by atoms with Crippen molar-refractivity contribution in [1.82, 2.24) is 4.90 Å². The Labute approximate surface area is 120 Å². The van der Waals surface area contributed by atoms with Gasteiger partial charge in [-0.25, -0.2) is 0 Å². The van der Waals surface area contributed by atoms with E-state index >= 15 is 0 Å². The molecule has 0 atom stereocenters. The summed E-state index contributed by atoms with van der Waals surface area (Å²) in [7, 11) is 0. The van der Waals surface area contributed by atoms with E-state index in [2.05, 4.69) is 15.9 Å². The van der Waals surface area contributed by atoms with E-state index in [1.807, 2.05) is 30.3 Å². The highest BCUT2D eigenvalue weighted by Gasteiger charge is 2.20. The molecule has 2 rings (SSSR count). The molecule has 0 bridgehead atoms. The molecule has 0 spiro atoms. The summed E-state index contributed by atoms with van der Waals surface area (Å²) in [5.74, 6) is -0.228. The minimum atomic E-state index is -0.228. The highest BCUT2D eigenvalue weighted by atomic mass is 79.9. The molecule has 0 radical (unpaired) electrons. The van der Waals surface area contributed by atoms with E-state index in [9.17, 15) is 4.79 Å². The lowest BCUT2D eigenvalue weighted by atomic mass is 10.1. The maximum Gasteiger partial charge on any atom is 0.264 e. The Morgan fingerprint density at radius 2 is 1.95 bits per heavy atom. The van der Waals surface area contributed by atoms with Gasteiger partial charge in [0.2, 0.25) is 0 Å². The van der Waals surface area contributed by atoms with Crippen molar-refractivity contribution in [3.63, 3.8) is 0 Å². The van der Waals surface area contributed by atoms with E-state index in [-0.39, 0.29) is 11.5 Å². The zero-order chi connectivity index (χ0) is 13.7. The zero-order valence-corrected chi connectivity index (χ0v) is 11.9. The van der Waals surface area contributed by atoms with Gasteiger partial charge in [0.05, 0.1) is 13.2 Å². The summed E-state index contributed by atoms with van der Waals surface area (Å²) in [6.45, 7) is 2.14.